The van der Waals surface area contributed by atoms with Gasteiger partial charge in [0.05, 0.1) is 11.3 Å². The Kier molecular flexibility index (Phi) is 3.95. The molecular weight excluding hydrogens is 250 g/mol. The van der Waals surface area contributed by atoms with E-state index in [2.05, 4.69) is 16.3 Å². The molecule has 18 heavy (non-hydrogen) atoms. The van der Waals surface area contributed by atoms with Gasteiger partial charge in [0.15, 0.2) is 9.84 Å². The average Bonchev–Trinajstić information content (AvgIpc) is 2.58. The summed E-state index contributed by atoms with van der Waals surface area (Å²) < 4.78 is 23.9. The highest BCUT2D eigenvalue weighted by molar-refractivity contribution is 7.91. The van der Waals surface area contributed by atoms with Gasteiger partial charge in [0, 0.05) is 25.9 Å². The van der Waals surface area contributed by atoms with Gasteiger partial charge < -0.3 is 5.32 Å². The molecule has 0 aromatic carbocycles. The lowest BCUT2D eigenvalue weighted by Gasteiger charge is -2.38. The van der Waals surface area contributed by atoms with Crippen LogP contribution >= 0.6 is 0 Å². The van der Waals surface area contributed by atoms with Crippen molar-refractivity contribution < 1.29 is 8.42 Å². The van der Waals surface area contributed by atoms with Gasteiger partial charge in [0.2, 0.25) is 0 Å². The van der Waals surface area contributed by atoms with Crippen LogP contribution in [0.5, 0.6) is 0 Å². The fraction of sp³-hybridized carbons (Fsp3) is 0.917. The molecule has 1 saturated carbocycles. The van der Waals surface area contributed by atoms with Crippen molar-refractivity contribution in [1.82, 2.24) is 10.2 Å². The Hall–Kier alpha value is -0.640. The van der Waals surface area contributed by atoms with Crippen LogP contribution in [-0.4, -0.2) is 56.5 Å². The smallest absolute Gasteiger partial charge is 0.153 e. The fourth-order valence-corrected chi connectivity index (χ4v) is 4.95. The van der Waals surface area contributed by atoms with Crippen LogP contribution in [0.2, 0.25) is 0 Å². The molecule has 102 valence electrons. The van der Waals surface area contributed by atoms with E-state index < -0.39 is 20.6 Å². The second kappa shape index (κ2) is 5.16. The second-order valence-electron chi connectivity index (χ2n) is 5.34. The zero-order chi connectivity index (χ0) is 13.2. The number of nitrogens with zero attached hydrogens (tertiary/aromatic N) is 2. The molecule has 1 N–H and O–H groups in total. The summed E-state index contributed by atoms with van der Waals surface area (Å²) in [5, 5.41) is 12.4. The van der Waals surface area contributed by atoms with E-state index in [0.717, 1.165) is 39.0 Å². The molecule has 2 fully saturated rings. The van der Waals surface area contributed by atoms with E-state index in [1.807, 2.05) is 0 Å². The van der Waals surface area contributed by atoms with E-state index >= 15 is 0 Å². The first kappa shape index (κ1) is 13.8. The summed E-state index contributed by atoms with van der Waals surface area (Å²) in [7, 11) is -3.17. The van der Waals surface area contributed by atoms with Crippen molar-refractivity contribution in [3.63, 3.8) is 0 Å². The lowest BCUT2D eigenvalue weighted by molar-refractivity contribution is 0.153. The zero-order valence-electron chi connectivity index (χ0n) is 10.9. The Morgan fingerprint density at radius 3 is 2.78 bits per heavy atom. The Labute approximate surface area is 109 Å². The van der Waals surface area contributed by atoms with Crippen LogP contribution in [0.25, 0.3) is 0 Å². The lowest BCUT2D eigenvalue weighted by Crippen LogP contribution is -2.56. The first-order chi connectivity index (χ1) is 8.50. The van der Waals surface area contributed by atoms with E-state index in [4.69, 9.17) is 0 Å². The predicted molar refractivity (Wildman–Crippen MR) is 69.9 cm³/mol. The molecule has 5 nitrogen and oxygen atoms in total. The molecule has 2 atom stereocenters. The van der Waals surface area contributed by atoms with Crippen molar-refractivity contribution in [3.8, 4) is 6.07 Å². The van der Waals surface area contributed by atoms with Crippen LogP contribution in [0.15, 0.2) is 0 Å². The summed E-state index contributed by atoms with van der Waals surface area (Å²) in [5.41, 5.74) is -0.792. The van der Waals surface area contributed by atoms with Gasteiger partial charge in [-0.15, -0.1) is 0 Å². The molecule has 2 aliphatic rings. The van der Waals surface area contributed by atoms with Gasteiger partial charge in [-0.2, -0.15) is 5.26 Å². The molecule has 1 saturated heterocycles. The number of hydrogen-bond donors (Lipinski definition) is 1. The standard InChI is InChI=1S/C12H21N3O2S/c1-18(16,17)11-4-2-5-12(11,10-13)15-8-3-6-14-7-9-15/h11,14H,2-9H2,1H3. The van der Waals surface area contributed by atoms with Crippen LogP contribution in [0.1, 0.15) is 25.7 Å². The number of sulfone groups is 1. The van der Waals surface area contributed by atoms with Crippen LogP contribution in [-0.2, 0) is 9.84 Å². The molecule has 0 bridgehead atoms. The van der Waals surface area contributed by atoms with Gasteiger partial charge >= 0.3 is 0 Å². The molecule has 0 aromatic heterocycles. The van der Waals surface area contributed by atoms with Gasteiger partial charge in [-0.1, -0.05) is 0 Å². The van der Waals surface area contributed by atoms with E-state index in [9.17, 15) is 13.7 Å². The van der Waals surface area contributed by atoms with Crippen molar-refractivity contribution in [2.24, 2.45) is 0 Å². The van der Waals surface area contributed by atoms with Gasteiger partial charge in [-0.25, -0.2) is 8.42 Å². The van der Waals surface area contributed by atoms with E-state index in [1.54, 1.807) is 0 Å². The van der Waals surface area contributed by atoms with Crippen molar-refractivity contribution in [2.45, 2.75) is 36.5 Å². The normalized spacial score (nSPS) is 35.0. The van der Waals surface area contributed by atoms with Crippen LogP contribution in [0, 0.1) is 11.3 Å². The third-order valence-electron chi connectivity index (χ3n) is 4.17. The maximum Gasteiger partial charge on any atom is 0.153 e. The summed E-state index contributed by atoms with van der Waals surface area (Å²) in [5.74, 6) is 0. The lowest BCUT2D eigenvalue weighted by atomic mass is 9.96. The summed E-state index contributed by atoms with van der Waals surface area (Å²) in [6.45, 7) is 3.35. The minimum absolute atomic E-state index is 0.520. The van der Waals surface area contributed by atoms with Crippen LogP contribution in [0.4, 0.5) is 0 Å². The van der Waals surface area contributed by atoms with E-state index in [-0.39, 0.29) is 0 Å². The highest BCUT2D eigenvalue weighted by atomic mass is 32.2. The molecule has 0 radical (unpaired) electrons. The summed E-state index contributed by atoms with van der Waals surface area (Å²) >= 11 is 0. The molecule has 0 aromatic rings. The first-order valence-electron chi connectivity index (χ1n) is 6.56. The number of nitrogens with one attached hydrogen (secondary N) is 1. The molecular formula is C12H21N3O2S. The van der Waals surface area contributed by atoms with Crippen molar-refractivity contribution in [1.29, 1.82) is 5.26 Å². The van der Waals surface area contributed by atoms with Crippen LogP contribution in [0.3, 0.4) is 0 Å². The van der Waals surface area contributed by atoms with Gasteiger partial charge in [0.1, 0.15) is 5.54 Å². The van der Waals surface area contributed by atoms with Crippen molar-refractivity contribution in [2.75, 3.05) is 32.4 Å². The molecule has 6 heteroatoms. The largest absolute Gasteiger partial charge is 0.315 e. The Morgan fingerprint density at radius 2 is 2.11 bits per heavy atom. The number of hydrogen-bond acceptors (Lipinski definition) is 5. The SMILES string of the molecule is CS(=O)(=O)C1CCCC1(C#N)N1CCCNCC1. The second-order valence-corrected chi connectivity index (χ2v) is 7.57. The number of nitriles is 1. The zero-order valence-corrected chi connectivity index (χ0v) is 11.7. The Morgan fingerprint density at radius 1 is 1.33 bits per heavy atom. The fourth-order valence-electron chi connectivity index (χ4n) is 3.33. The minimum Gasteiger partial charge on any atom is -0.315 e. The van der Waals surface area contributed by atoms with E-state index in [0.29, 0.717) is 12.8 Å². The van der Waals surface area contributed by atoms with Crippen LogP contribution < -0.4 is 5.32 Å². The molecule has 2 unspecified atom stereocenters. The third kappa shape index (κ3) is 2.40. The molecule has 1 heterocycles. The molecule has 0 amide bonds. The topological polar surface area (TPSA) is 73.2 Å². The average molecular weight is 271 g/mol. The molecule has 1 aliphatic heterocycles. The van der Waals surface area contributed by atoms with Gasteiger partial charge in [-0.3, -0.25) is 4.90 Å². The van der Waals surface area contributed by atoms with E-state index in [1.165, 1.54) is 6.26 Å². The third-order valence-corrected chi connectivity index (χ3v) is 5.83. The highest BCUT2D eigenvalue weighted by Crippen LogP contribution is 2.39. The van der Waals surface area contributed by atoms with Crippen molar-refractivity contribution >= 4 is 9.84 Å². The quantitative estimate of drug-likeness (QED) is 0.773. The monoisotopic (exact) mass is 271 g/mol. The van der Waals surface area contributed by atoms with Gasteiger partial charge in [-0.05, 0) is 32.2 Å². The summed E-state index contributed by atoms with van der Waals surface area (Å²) in [4.78, 5) is 2.10. The summed E-state index contributed by atoms with van der Waals surface area (Å²) in [6, 6.07) is 2.35. The Balaban J connectivity index is 2.31. The van der Waals surface area contributed by atoms with Crippen molar-refractivity contribution in [3.05, 3.63) is 0 Å². The molecule has 0 spiro atoms. The predicted octanol–water partition coefficient (Wildman–Crippen LogP) is 0.141. The first-order valence-corrected chi connectivity index (χ1v) is 8.52. The molecule has 1 aliphatic carbocycles. The Bertz CT molecular complexity index is 435. The summed E-state index contributed by atoms with van der Waals surface area (Å²) in [6.07, 6.45) is 4.37. The maximum atomic E-state index is 11.9. The minimum atomic E-state index is -3.17. The maximum absolute atomic E-state index is 11.9. The molecule has 2 rings (SSSR count). The highest BCUT2D eigenvalue weighted by Gasteiger charge is 2.52. The van der Waals surface area contributed by atoms with Gasteiger partial charge in [0.25, 0.3) is 0 Å². The number of rotatable bonds is 2.